The average Bonchev–Trinajstić information content (AvgIpc) is 2.15. The number of amides is 1. The van der Waals surface area contributed by atoms with Gasteiger partial charge in [0.25, 0.3) is 12.3 Å². The van der Waals surface area contributed by atoms with Gasteiger partial charge in [-0.25, -0.2) is 8.78 Å². The quantitative estimate of drug-likeness (QED) is 0.843. The van der Waals surface area contributed by atoms with E-state index in [0.717, 1.165) is 0 Å². The van der Waals surface area contributed by atoms with E-state index in [0.29, 0.717) is 0 Å². The predicted octanol–water partition coefficient (Wildman–Crippen LogP) is 1.73. The van der Waals surface area contributed by atoms with E-state index in [-0.39, 0.29) is 10.6 Å². The molecular formula is C8H7ClF2N2O. The number of rotatable bonds is 3. The fourth-order valence-corrected chi connectivity index (χ4v) is 1.03. The van der Waals surface area contributed by atoms with Crippen LogP contribution in [-0.2, 0) is 0 Å². The van der Waals surface area contributed by atoms with Gasteiger partial charge in [-0.3, -0.25) is 9.78 Å². The van der Waals surface area contributed by atoms with E-state index in [1.807, 2.05) is 5.32 Å². The van der Waals surface area contributed by atoms with Gasteiger partial charge >= 0.3 is 0 Å². The first-order valence-corrected chi connectivity index (χ1v) is 4.15. The lowest BCUT2D eigenvalue weighted by atomic mass is 10.2. The minimum Gasteiger partial charge on any atom is -0.346 e. The van der Waals surface area contributed by atoms with Gasteiger partial charge in [0, 0.05) is 12.4 Å². The van der Waals surface area contributed by atoms with Crippen LogP contribution in [0.1, 0.15) is 10.4 Å². The summed E-state index contributed by atoms with van der Waals surface area (Å²) >= 11 is 5.62. The first-order chi connectivity index (χ1) is 6.61. The Kier molecular flexibility index (Phi) is 3.76. The molecule has 1 rings (SSSR count). The normalized spacial score (nSPS) is 10.3. The molecule has 6 heteroatoms. The number of alkyl halides is 2. The number of nitrogens with zero attached hydrogens (tertiary/aromatic N) is 1. The zero-order chi connectivity index (χ0) is 10.6. The highest BCUT2D eigenvalue weighted by molar-refractivity contribution is 6.33. The molecule has 1 aromatic rings. The Morgan fingerprint density at radius 3 is 2.93 bits per heavy atom. The van der Waals surface area contributed by atoms with Gasteiger partial charge in [0.05, 0.1) is 17.1 Å². The number of carbonyl (C=O) groups excluding carboxylic acids is 1. The molecule has 0 unspecified atom stereocenters. The highest BCUT2D eigenvalue weighted by atomic mass is 35.5. The Bertz CT molecular complexity index is 333. The number of pyridine rings is 1. The molecule has 1 aromatic heterocycles. The first kappa shape index (κ1) is 10.8. The number of carbonyl (C=O) groups is 1. The van der Waals surface area contributed by atoms with Crippen LogP contribution < -0.4 is 5.32 Å². The Balaban J connectivity index is 2.65. The fraction of sp³-hybridized carbons (Fsp3) is 0.250. The van der Waals surface area contributed by atoms with Crippen LogP contribution in [0.2, 0.25) is 5.02 Å². The summed E-state index contributed by atoms with van der Waals surface area (Å²) in [6.45, 7) is -0.683. The number of hydrogen-bond donors (Lipinski definition) is 1. The molecule has 0 aromatic carbocycles. The maximum atomic E-state index is 11.8. The Labute approximate surface area is 84.1 Å². The smallest absolute Gasteiger partial charge is 0.255 e. The van der Waals surface area contributed by atoms with Gasteiger partial charge in [0.2, 0.25) is 0 Å². The minimum absolute atomic E-state index is 0.138. The van der Waals surface area contributed by atoms with Crippen LogP contribution in [0, 0.1) is 0 Å². The second-order valence-electron chi connectivity index (χ2n) is 2.46. The van der Waals surface area contributed by atoms with Gasteiger partial charge in [-0.2, -0.15) is 0 Å². The van der Waals surface area contributed by atoms with Gasteiger partial charge < -0.3 is 5.32 Å². The molecule has 0 aliphatic carbocycles. The third kappa shape index (κ3) is 2.92. The Hall–Kier alpha value is -1.23. The molecule has 0 atom stereocenters. The second-order valence-corrected chi connectivity index (χ2v) is 2.86. The van der Waals surface area contributed by atoms with E-state index in [1.165, 1.54) is 18.5 Å². The fourth-order valence-electron chi connectivity index (χ4n) is 0.824. The van der Waals surface area contributed by atoms with Crippen LogP contribution in [0.15, 0.2) is 18.5 Å². The van der Waals surface area contributed by atoms with E-state index >= 15 is 0 Å². The molecule has 0 radical (unpaired) electrons. The van der Waals surface area contributed by atoms with E-state index in [9.17, 15) is 13.6 Å². The predicted molar refractivity (Wildman–Crippen MR) is 47.6 cm³/mol. The zero-order valence-corrected chi connectivity index (χ0v) is 7.76. The molecule has 3 nitrogen and oxygen atoms in total. The third-order valence-electron chi connectivity index (χ3n) is 1.43. The molecule has 1 heterocycles. The maximum absolute atomic E-state index is 11.8. The maximum Gasteiger partial charge on any atom is 0.255 e. The lowest BCUT2D eigenvalue weighted by Gasteiger charge is -2.04. The number of hydrogen-bond acceptors (Lipinski definition) is 2. The summed E-state index contributed by atoms with van der Waals surface area (Å²) < 4.78 is 23.5. The number of aromatic nitrogens is 1. The summed E-state index contributed by atoms with van der Waals surface area (Å²) in [5.41, 5.74) is 0.141. The summed E-state index contributed by atoms with van der Waals surface area (Å²) in [6, 6.07) is 1.36. The minimum atomic E-state index is -2.57. The van der Waals surface area contributed by atoms with Crippen molar-refractivity contribution in [1.82, 2.24) is 10.3 Å². The topological polar surface area (TPSA) is 42.0 Å². The molecule has 1 amide bonds. The van der Waals surface area contributed by atoms with Crippen molar-refractivity contribution in [3.05, 3.63) is 29.0 Å². The lowest BCUT2D eigenvalue weighted by Crippen LogP contribution is -2.28. The summed E-state index contributed by atoms with van der Waals surface area (Å²) in [4.78, 5) is 14.9. The number of halogens is 3. The molecule has 0 saturated carbocycles. The summed E-state index contributed by atoms with van der Waals surface area (Å²) in [7, 11) is 0. The highest BCUT2D eigenvalue weighted by Crippen LogP contribution is 2.12. The van der Waals surface area contributed by atoms with Crippen molar-refractivity contribution in [1.29, 1.82) is 0 Å². The van der Waals surface area contributed by atoms with Gasteiger partial charge in [-0.05, 0) is 6.07 Å². The van der Waals surface area contributed by atoms with Gasteiger partial charge in [-0.15, -0.1) is 0 Å². The van der Waals surface area contributed by atoms with E-state index < -0.39 is 18.9 Å². The van der Waals surface area contributed by atoms with Crippen molar-refractivity contribution in [2.24, 2.45) is 0 Å². The second kappa shape index (κ2) is 4.85. The largest absolute Gasteiger partial charge is 0.346 e. The lowest BCUT2D eigenvalue weighted by molar-refractivity contribution is 0.0892. The van der Waals surface area contributed by atoms with Gasteiger partial charge in [-0.1, -0.05) is 11.6 Å². The first-order valence-electron chi connectivity index (χ1n) is 3.77. The molecule has 1 N–H and O–H groups in total. The summed E-state index contributed by atoms with van der Waals surface area (Å²) in [5, 5.41) is 2.18. The van der Waals surface area contributed by atoms with Crippen molar-refractivity contribution in [3.8, 4) is 0 Å². The van der Waals surface area contributed by atoms with Crippen LogP contribution in [0.4, 0.5) is 8.78 Å². The van der Waals surface area contributed by atoms with Crippen molar-refractivity contribution in [2.75, 3.05) is 6.54 Å². The molecule has 14 heavy (non-hydrogen) atoms. The zero-order valence-electron chi connectivity index (χ0n) is 7.01. The molecular weight excluding hydrogens is 214 g/mol. The van der Waals surface area contributed by atoms with E-state index in [2.05, 4.69) is 4.98 Å². The molecule has 0 bridgehead atoms. The van der Waals surface area contributed by atoms with Crippen molar-refractivity contribution >= 4 is 17.5 Å². The van der Waals surface area contributed by atoms with Crippen molar-refractivity contribution in [3.63, 3.8) is 0 Å². The van der Waals surface area contributed by atoms with Gasteiger partial charge in [0.15, 0.2) is 0 Å². The summed E-state index contributed by atoms with van der Waals surface area (Å²) in [5.74, 6) is -0.627. The standard InChI is InChI=1S/C8H7ClF2N2O/c9-6-3-12-2-1-5(6)8(14)13-4-7(10)11/h1-3,7H,4H2,(H,13,14). The molecule has 76 valence electrons. The SMILES string of the molecule is O=C(NCC(F)F)c1ccncc1Cl. The highest BCUT2D eigenvalue weighted by Gasteiger charge is 2.11. The van der Waals surface area contributed by atoms with E-state index in [4.69, 9.17) is 11.6 Å². The molecule has 0 saturated heterocycles. The van der Waals surface area contributed by atoms with Crippen molar-refractivity contribution in [2.45, 2.75) is 6.43 Å². The van der Waals surface area contributed by atoms with Crippen LogP contribution in [0.3, 0.4) is 0 Å². The Morgan fingerprint density at radius 2 is 2.36 bits per heavy atom. The average molecular weight is 221 g/mol. The van der Waals surface area contributed by atoms with E-state index in [1.54, 1.807) is 0 Å². The van der Waals surface area contributed by atoms with Crippen LogP contribution in [-0.4, -0.2) is 23.9 Å². The van der Waals surface area contributed by atoms with Crippen LogP contribution in [0.5, 0.6) is 0 Å². The van der Waals surface area contributed by atoms with Gasteiger partial charge in [0.1, 0.15) is 0 Å². The monoisotopic (exact) mass is 220 g/mol. The van der Waals surface area contributed by atoms with Crippen LogP contribution >= 0.6 is 11.6 Å². The molecule has 0 spiro atoms. The molecule has 0 aliphatic heterocycles. The Morgan fingerprint density at radius 1 is 1.64 bits per heavy atom. The van der Waals surface area contributed by atoms with Crippen LogP contribution in [0.25, 0.3) is 0 Å². The molecule has 0 aliphatic rings. The molecule has 0 fully saturated rings. The third-order valence-corrected chi connectivity index (χ3v) is 1.74. The summed E-state index contributed by atoms with van der Waals surface area (Å²) in [6.07, 6.45) is 0.0710. The van der Waals surface area contributed by atoms with Crippen molar-refractivity contribution < 1.29 is 13.6 Å². The number of nitrogens with one attached hydrogen (secondary N) is 1.